The molecule has 0 bridgehead atoms. The molecule has 1 saturated heterocycles. The van der Waals surface area contributed by atoms with E-state index in [9.17, 15) is 4.79 Å². The number of hydrogen-bond acceptors (Lipinski definition) is 3. The van der Waals surface area contributed by atoms with Gasteiger partial charge in [0, 0.05) is 29.3 Å². The Morgan fingerprint density at radius 1 is 1.38 bits per heavy atom. The quantitative estimate of drug-likeness (QED) is 0.849. The van der Waals surface area contributed by atoms with Gasteiger partial charge in [0.05, 0.1) is 6.54 Å². The van der Waals surface area contributed by atoms with E-state index in [4.69, 9.17) is 0 Å². The van der Waals surface area contributed by atoms with Gasteiger partial charge in [-0.05, 0) is 50.6 Å². The summed E-state index contributed by atoms with van der Waals surface area (Å²) in [5.74, 6) is 0.0679. The molecular weight excluding hydrogens is 354 g/mol. The molecule has 0 saturated carbocycles. The minimum Gasteiger partial charge on any atom is -0.325 e. The fraction of sp³-hybridized carbons (Fsp3) is 0.533. The number of benzene rings is 1. The average Bonchev–Trinajstić information content (AvgIpc) is 2.43. The van der Waals surface area contributed by atoms with Crippen molar-refractivity contribution < 1.29 is 4.79 Å². The van der Waals surface area contributed by atoms with E-state index in [1.807, 2.05) is 32.2 Å². The van der Waals surface area contributed by atoms with Crippen molar-refractivity contribution >= 4 is 39.9 Å². The summed E-state index contributed by atoms with van der Waals surface area (Å²) in [6.45, 7) is 4.45. The van der Waals surface area contributed by atoms with Gasteiger partial charge in [-0.25, -0.2) is 0 Å². The Morgan fingerprint density at radius 3 is 2.62 bits per heavy atom. The third-order valence-electron chi connectivity index (χ3n) is 3.83. The largest absolute Gasteiger partial charge is 0.325 e. The Bertz CT molecular complexity index is 476. The standard InChI is InChI=1S/C15H22BrN3O.ClH/c1-11-9-12(16)3-4-14(11)18-15(20)10-19-7-5-13(17-2)6-8-19;/h3-4,9,13,17H,5-8,10H2,1-2H3,(H,18,20);1H. The summed E-state index contributed by atoms with van der Waals surface area (Å²) in [6.07, 6.45) is 2.22. The van der Waals surface area contributed by atoms with Crippen LogP contribution in [0.4, 0.5) is 5.69 Å². The molecule has 2 N–H and O–H groups in total. The lowest BCUT2D eigenvalue weighted by atomic mass is 10.1. The monoisotopic (exact) mass is 375 g/mol. The van der Waals surface area contributed by atoms with Gasteiger partial charge < -0.3 is 10.6 Å². The number of nitrogens with zero attached hydrogens (tertiary/aromatic N) is 1. The maximum Gasteiger partial charge on any atom is 0.238 e. The highest BCUT2D eigenvalue weighted by Gasteiger charge is 2.19. The van der Waals surface area contributed by atoms with Crippen LogP contribution in [0, 0.1) is 6.92 Å². The first kappa shape index (κ1) is 18.4. The molecule has 0 spiro atoms. The second-order valence-electron chi connectivity index (χ2n) is 5.35. The minimum absolute atomic E-state index is 0. The molecule has 2 rings (SSSR count). The van der Waals surface area contributed by atoms with Gasteiger partial charge >= 0.3 is 0 Å². The van der Waals surface area contributed by atoms with Crippen LogP contribution in [0.3, 0.4) is 0 Å². The first-order valence-electron chi connectivity index (χ1n) is 7.04. The fourth-order valence-electron chi connectivity index (χ4n) is 2.54. The number of aryl methyl sites for hydroxylation is 1. The van der Waals surface area contributed by atoms with E-state index >= 15 is 0 Å². The van der Waals surface area contributed by atoms with E-state index in [-0.39, 0.29) is 18.3 Å². The first-order chi connectivity index (χ1) is 9.58. The molecule has 4 nitrogen and oxygen atoms in total. The number of amides is 1. The molecule has 6 heteroatoms. The van der Waals surface area contributed by atoms with Crippen LogP contribution < -0.4 is 10.6 Å². The Balaban J connectivity index is 0.00000220. The van der Waals surface area contributed by atoms with Crippen molar-refractivity contribution in [3.8, 4) is 0 Å². The van der Waals surface area contributed by atoms with Crippen LogP contribution in [-0.2, 0) is 4.79 Å². The highest BCUT2D eigenvalue weighted by atomic mass is 79.9. The minimum atomic E-state index is 0. The maximum absolute atomic E-state index is 12.1. The normalized spacial score (nSPS) is 16.3. The topological polar surface area (TPSA) is 44.4 Å². The van der Waals surface area contributed by atoms with Crippen molar-refractivity contribution in [1.82, 2.24) is 10.2 Å². The molecule has 1 aliphatic rings. The highest BCUT2D eigenvalue weighted by Crippen LogP contribution is 2.20. The van der Waals surface area contributed by atoms with E-state index in [2.05, 4.69) is 31.5 Å². The number of piperidine rings is 1. The lowest BCUT2D eigenvalue weighted by molar-refractivity contribution is -0.117. The molecule has 1 heterocycles. The number of hydrogen-bond donors (Lipinski definition) is 2. The Kier molecular flexibility index (Phi) is 7.66. The van der Waals surface area contributed by atoms with E-state index in [1.54, 1.807) is 0 Å². The van der Waals surface area contributed by atoms with Gasteiger partial charge in [-0.15, -0.1) is 12.4 Å². The van der Waals surface area contributed by atoms with Gasteiger partial charge in [-0.3, -0.25) is 9.69 Å². The number of anilines is 1. The third-order valence-corrected chi connectivity index (χ3v) is 4.32. The molecule has 0 radical (unpaired) electrons. The maximum atomic E-state index is 12.1. The van der Waals surface area contributed by atoms with Crippen LogP contribution in [-0.4, -0.2) is 43.5 Å². The molecule has 1 fully saturated rings. The van der Waals surface area contributed by atoms with Crippen molar-refractivity contribution in [3.05, 3.63) is 28.2 Å². The number of carbonyl (C=O) groups excluding carboxylic acids is 1. The first-order valence-corrected chi connectivity index (χ1v) is 7.83. The second kappa shape index (κ2) is 8.73. The average molecular weight is 377 g/mol. The number of halogens is 2. The van der Waals surface area contributed by atoms with E-state index in [1.165, 1.54) is 0 Å². The predicted octanol–water partition coefficient (Wildman–Crippen LogP) is 2.80. The van der Waals surface area contributed by atoms with Crippen LogP contribution in [0.1, 0.15) is 18.4 Å². The van der Waals surface area contributed by atoms with Gasteiger partial charge in [0.25, 0.3) is 0 Å². The van der Waals surface area contributed by atoms with Crippen molar-refractivity contribution in [2.75, 3.05) is 32.0 Å². The Morgan fingerprint density at radius 2 is 2.05 bits per heavy atom. The van der Waals surface area contributed by atoms with Crippen LogP contribution in [0.2, 0.25) is 0 Å². The van der Waals surface area contributed by atoms with Gasteiger partial charge in [0.2, 0.25) is 5.91 Å². The molecule has 21 heavy (non-hydrogen) atoms. The molecule has 0 aromatic heterocycles. The van der Waals surface area contributed by atoms with Gasteiger partial charge in [0.1, 0.15) is 0 Å². The number of likely N-dealkylation sites (tertiary alicyclic amines) is 1. The summed E-state index contributed by atoms with van der Waals surface area (Å²) < 4.78 is 1.03. The lowest BCUT2D eigenvalue weighted by Gasteiger charge is -2.31. The SMILES string of the molecule is CNC1CCN(CC(=O)Nc2ccc(Br)cc2C)CC1.Cl. The summed E-state index contributed by atoms with van der Waals surface area (Å²) in [7, 11) is 2.00. The van der Waals surface area contributed by atoms with Crippen LogP contribution in [0.15, 0.2) is 22.7 Å². The van der Waals surface area contributed by atoms with Crippen molar-refractivity contribution in [2.45, 2.75) is 25.8 Å². The molecule has 0 unspecified atom stereocenters. The fourth-order valence-corrected chi connectivity index (χ4v) is 3.02. The molecule has 118 valence electrons. The number of carbonyl (C=O) groups is 1. The highest BCUT2D eigenvalue weighted by molar-refractivity contribution is 9.10. The van der Waals surface area contributed by atoms with Crippen LogP contribution in [0.25, 0.3) is 0 Å². The van der Waals surface area contributed by atoms with E-state index < -0.39 is 0 Å². The molecule has 1 aromatic carbocycles. The molecule has 1 amide bonds. The lowest BCUT2D eigenvalue weighted by Crippen LogP contribution is -2.44. The van der Waals surface area contributed by atoms with E-state index in [0.717, 1.165) is 41.7 Å². The molecule has 1 aliphatic heterocycles. The third kappa shape index (κ3) is 5.58. The van der Waals surface area contributed by atoms with E-state index in [0.29, 0.717) is 12.6 Å². The van der Waals surface area contributed by atoms with Crippen LogP contribution in [0.5, 0.6) is 0 Å². The zero-order valence-electron chi connectivity index (χ0n) is 12.5. The van der Waals surface area contributed by atoms with Gasteiger partial charge in [0.15, 0.2) is 0 Å². The number of nitrogens with one attached hydrogen (secondary N) is 2. The Labute approximate surface area is 141 Å². The zero-order chi connectivity index (χ0) is 14.5. The Hall–Kier alpha value is -0.620. The number of rotatable bonds is 4. The van der Waals surface area contributed by atoms with Crippen molar-refractivity contribution in [2.24, 2.45) is 0 Å². The molecule has 0 atom stereocenters. The summed E-state index contributed by atoms with van der Waals surface area (Å²) in [5.41, 5.74) is 1.96. The van der Waals surface area contributed by atoms with Gasteiger partial charge in [-0.2, -0.15) is 0 Å². The predicted molar refractivity (Wildman–Crippen MR) is 93.3 cm³/mol. The summed E-state index contributed by atoms with van der Waals surface area (Å²) >= 11 is 3.43. The molecule has 1 aromatic rings. The molecular formula is C15H23BrClN3O. The summed E-state index contributed by atoms with van der Waals surface area (Å²) in [4.78, 5) is 14.3. The van der Waals surface area contributed by atoms with Crippen molar-refractivity contribution in [1.29, 1.82) is 0 Å². The second-order valence-corrected chi connectivity index (χ2v) is 6.26. The zero-order valence-corrected chi connectivity index (χ0v) is 14.9. The van der Waals surface area contributed by atoms with Crippen LogP contribution >= 0.6 is 28.3 Å². The summed E-state index contributed by atoms with van der Waals surface area (Å²) in [5, 5.41) is 6.29. The van der Waals surface area contributed by atoms with Gasteiger partial charge in [-0.1, -0.05) is 15.9 Å². The summed E-state index contributed by atoms with van der Waals surface area (Å²) in [6, 6.07) is 6.49. The molecule has 0 aliphatic carbocycles. The van der Waals surface area contributed by atoms with Crippen molar-refractivity contribution in [3.63, 3.8) is 0 Å². The smallest absolute Gasteiger partial charge is 0.238 e.